The van der Waals surface area contributed by atoms with Gasteiger partial charge in [0.15, 0.2) is 0 Å². The number of fused-ring (bicyclic) bond motifs is 1. The van der Waals surface area contributed by atoms with Crippen molar-refractivity contribution in [1.29, 1.82) is 0 Å². The lowest BCUT2D eigenvalue weighted by atomic mass is 10.2. The maximum absolute atomic E-state index is 11.8. The van der Waals surface area contributed by atoms with Gasteiger partial charge in [0, 0.05) is 25.3 Å². The highest BCUT2D eigenvalue weighted by Crippen LogP contribution is 2.26. The van der Waals surface area contributed by atoms with Crippen LogP contribution in [0.4, 0.5) is 0 Å². The van der Waals surface area contributed by atoms with E-state index in [4.69, 9.17) is 13.9 Å². The largest absolute Gasteiger partial charge is 0.457 e. The highest BCUT2D eigenvalue weighted by atomic mass is 16.7. The van der Waals surface area contributed by atoms with Crippen molar-refractivity contribution < 1.29 is 23.5 Å². The van der Waals surface area contributed by atoms with Crippen molar-refractivity contribution in [2.45, 2.75) is 19.6 Å². The molecule has 20 heavy (non-hydrogen) atoms. The summed E-state index contributed by atoms with van der Waals surface area (Å²) in [4.78, 5) is 23.6. The molecule has 3 rings (SSSR count). The van der Waals surface area contributed by atoms with E-state index in [1.165, 1.54) is 19.9 Å². The van der Waals surface area contributed by atoms with E-state index in [2.05, 4.69) is 0 Å². The molecule has 0 N–H and O–H groups in total. The third-order valence-corrected chi connectivity index (χ3v) is 2.85. The van der Waals surface area contributed by atoms with Crippen molar-refractivity contribution in [2.24, 2.45) is 0 Å². The van der Waals surface area contributed by atoms with Gasteiger partial charge in [-0.3, -0.25) is 0 Å². The summed E-state index contributed by atoms with van der Waals surface area (Å²) >= 11 is 0. The van der Waals surface area contributed by atoms with Crippen molar-refractivity contribution in [3.8, 4) is 0 Å². The maximum atomic E-state index is 11.8. The van der Waals surface area contributed by atoms with E-state index in [9.17, 15) is 9.59 Å². The molecule has 5 nitrogen and oxygen atoms in total. The minimum atomic E-state index is -1.24. The van der Waals surface area contributed by atoms with E-state index < -0.39 is 17.7 Å². The van der Waals surface area contributed by atoms with Crippen LogP contribution >= 0.6 is 0 Å². The summed E-state index contributed by atoms with van der Waals surface area (Å²) in [7, 11) is 0. The van der Waals surface area contributed by atoms with Gasteiger partial charge in [0.1, 0.15) is 16.9 Å². The molecule has 5 heteroatoms. The van der Waals surface area contributed by atoms with Gasteiger partial charge in [-0.1, -0.05) is 18.2 Å². The lowest BCUT2D eigenvalue weighted by Crippen LogP contribution is -2.41. The monoisotopic (exact) mass is 272 g/mol. The molecule has 1 aromatic carbocycles. The number of ether oxygens (including phenoxy) is 2. The van der Waals surface area contributed by atoms with E-state index in [1.54, 1.807) is 12.1 Å². The zero-order valence-electron chi connectivity index (χ0n) is 11.0. The van der Waals surface area contributed by atoms with Crippen LogP contribution in [-0.4, -0.2) is 17.7 Å². The van der Waals surface area contributed by atoms with Crippen molar-refractivity contribution >= 4 is 29.0 Å². The summed E-state index contributed by atoms with van der Waals surface area (Å²) in [5.41, 5.74) is 0.501. The molecule has 0 atom stereocenters. The van der Waals surface area contributed by atoms with Gasteiger partial charge in [-0.15, -0.1) is 0 Å². The summed E-state index contributed by atoms with van der Waals surface area (Å²) in [6.45, 7) is 3.00. The first-order valence-corrected chi connectivity index (χ1v) is 6.12. The van der Waals surface area contributed by atoms with Crippen LogP contribution in [0, 0.1) is 0 Å². The minimum Gasteiger partial charge on any atom is -0.457 e. The molecule has 1 aromatic heterocycles. The SMILES string of the molecule is CC1(C)OC(=O)C(=Cc2cc3ccccc3o2)C(=O)O1. The molecule has 1 aliphatic heterocycles. The molecule has 0 aliphatic carbocycles. The van der Waals surface area contributed by atoms with E-state index >= 15 is 0 Å². The average Bonchev–Trinajstić information content (AvgIpc) is 2.75. The normalized spacial score (nSPS) is 17.8. The summed E-state index contributed by atoms with van der Waals surface area (Å²) in [6.07, 6.45) is 1.33. The van der Waals surface area contributed by atoms with E-state index in [-0.39, 0.29) is 5.57 Å². The first-order chi connectivity index (χ1) is 9.44. The fourth-order valence-corrected chi connectivity index (χ4v) is 1.99. The van der Waals surface area contributed by atoms with E-state index in [0.29, 0.717) is 11.3 Å². The number of rotatable bonds is 1. The van der Waals surface area contributed by atoms with Crippen LogP contribution in [0.25, 0.3) is 17.0 Å². The highest BCUT2D eigenvalue weighted by Gasteiger charge is 2.39. The molecular weight excluding hydrogens is 260 g/mol. The Morgan fingerprint density at radius 1 is 1.05 bits per heavy atom. The Balaban J connectivity index is 1.99. The third kappa shape index (κ3) is 2.18. The Labute approximate surface area is 114 Å². The number of furan rings is 1. The predicted octanol–water partition coefficient (Wildman–Crippen LogP) is 2.65. The van der Waals surface area contributed by atoms with Gasteiger partial charge in [-0.2, -0.15) is 0 Å². The summed E-state index contributed by atoms with van der Waals surface area (Å²) < 4.78 is 15.5. The average molecular weight is 272 g/mol. The Kier molecular flexibility index (Phi) is 2.64. The van der Waals surface area contributed by atoms with Gasteiger partial charge < -0.3 is 13.9 Å². The lowest BCUT2D eigenvalue weighted by Gasteiger charge is -2.29. The lowest BCUT2D eigenvalue weighted by molar-refractivity contribution is -0.222. The van der Waals surface area contributed by atoms with Crippen LogP contribution in [0.3, 0.4) is 0 Å². The van der Waals surface area contributed by atoms with Gasteiger partial charge >= 0.3 is 11.9 Å². The number of benzene rings is 1. The minimum absolute atomic E-state index is 0.177. The molecule has 0 bridgehead atoms. The number of carbonyl (C=O) groups excluding carboxylic acids is 2. The van der Waals surface area contributed by atoms with Crippen LogP contribution in [0.5, 0.6) is 0 Å². The fraction of sp³-hybridized carbons (Fsp3) is 0.200. The Hall–Kier alpha value is -2.56. The topological polar surface area (TPSA) is 65.7 Å². The van der Waals surface area contributed by atoms with Crippen molar-refractivity contribution in [1.82, 2.24) is 0 Å². The number of para-hydroxylation sites is 1. The molecule has 0 saturated carbocycles. The molecule has 1 saturated heterocycles. The Morgan fingerprint density at radius 2 is 1.70 bits per heavy atom. The van der Waals surface area contributed by atoms with Crippen LogP contribution in [-0.2, 0) is 19.1 Å². The molecule has 0 spiro atoms. The second-order valence-corrected chi connectivity index (χ2v) is 4.92. The van der Waals surface area contributed by atoms with Crippen molar-refractivity contribution in [3.63, 3.8) is 0 Å². The zero-order valence-corrected chi connectivity index (χ0v) is 11.0. The van der Waals surface area contributed by atoms with Crippen molar-refractivity contribution in [2.75, 3.05) is 0 Å². The number of hydrogen-bond donors (Lipinski definition) is 0. The van der Waals surface area contributed by atoms with Gasteiger partial charge in [0.25, 0.3) is 5.79 Å². The standard InChI is InChI=1S/C15H12O5/c1-15(2)19-13(16)11(14(17)20-15)8-10-7-9-5-3-4-6-12(9)18-10/h3-8H,1-2H3. The predicted molar refractivity (Wildman–Crippen MR) is 70.5 cm³/mol. The second kappa shape index (κ2) is 4.23. The molecule has 102 valence electrons. The van der Waals surface area contributed by atoms with Crippen LogP contribution in [0.1, 0.15) is 19.6 Å². The molecule has 0 radical (unpaired) electrons. The van der Waals surface area contributed by atoms with Crippen LogP contribution in [0.15, 0.2) is 40.3 Å². The van der Waals surface area contributed by atoms with Gasteiger partial charge in [-0.25, -0.2) is 9.59 Å². The molecule has 2 heterocycles. The smallest absolute Gasteiger partial charge is 0.348 e. The summed E-state index contributed by atoms with van der Waals surface area (Å²) in [5, 5.41) is 0.886. The van der Waals surface area contributed by atoms with E-state index in [1.807, 2.05) is 18.2 Å². The van der Waals surface area contributed by atoms with Gasteiger partial charge in [-0.05, 0) is 12.1 Å². The number of carbonyl (C=O) groups is 2. The fourth-order valence-electron chi connectivity index (χ4n) is 1.99. The quantitative estimate of drug-likeness (QED) is 0.453. The van der Waals surface area contributed by atoms with Crippen LogP contribution < -0.4 is 0 Å². The molecule has 0 unspecified atom stereocenters. The summed E-state index contributed by atoms with van der Waals surface area (Å²) in [5.74, 6) is -2.27. The van der Waals surface area contributed by atoms with Gasteiger partial charge in [0.05, 0.1) is 0 Å². The molecule has 2 aromatic rings. The Morgan fingerprint density at radius 3 is 2.35 bits per heavy atom. The van der Waals surface area contributed by atoms with Crippen LogP contribution in [0.2, 0.25) is 0 Å². The van der Waals surface area contributed by atoms with Gasteiger partial charge in [0.2, 0.25) is 0 Å². The number of cyclic esters (lactones) is 2. The molecule has 1 aliphatic rings. The first-order valence-electron chi connectivity index (χ1n) is 6.12. The summed E-state index contributed by atoms with van der Waals surface area (Å²) in [6, 6.07) is 9.14. The number of esters is 2. The molecule has 1 fully saturated rings. The maximum Gasteiger partial charge on any atom is 0.348 e. The van der Waals surface area contributed by atoms with Crippen molar-refractivity contribution in [3.05, 3.63) is 41.7 Å². The molecular formula is C15H12O5. The highest BCUT2D eigenvalue weighted by molar-refractivity contribution is 6.18. The Bertz CT molecular complexity index is 681. The third-order valence-electron chi connectivity index (χ3n) is 2.85. The zero-order chi connectivity index (χ0) is 14.3. The molecule has 0 amide bonds. The van der Waals surface area contributed by atoms with E-state index in [0.717, 1.165) is 5.39 Å². The first kappa shape index (κ1) is 12.5. The second-order valence-electron chi connectivity index (χ2n) is 4.92. The number of hydrogen-bond acceptors (Lipinski definition) is 5.